The second kappa shape index (κ2) is 3.78. The summed E-state index contributed by atoms with van der Waals surface area (Å²) in [6.07, 6.45) is -7.18. The van der Waals surface area contributed by atoms with Gasteiger partial charge in [-0.2, -0.15) is 13.2 Å². The predicted molar refractivity (Wildman–Crippen MR) is 28.6 cm³/mol. The maximum absolute atomic E-state index is 11.5. The first-order valence-electron chi connectivity index (χ1n) is 2.72. The Labute approximate surface area is 56.6 Å². The number of hydrogen-bond donors (Lipinski definition) is 1. The largest absolute Gasteiger partial charge is 0.414 e. The first-order chi connectivity index (χ1) is 4.48. The first-order valence-corrected chi connectivity index (χ1v) is 2.72. The van der Waals surface area contributed by atoms with Crippen molar-refractivity contribution >= 4 is 0 Å². The molecule has 5 heteroatoms. The van der Waals surface area contributed by atoms with E-state index in [0.29, 0.717) is 0 Å². The molecule has 10 heavy (non-hydrogen) atoms. The standard InChI is InChI=1S/C5H9F3O2/c1-10-3-2-4(9)5(6,7)8/h4,9H,2-3H2,1H3/t4-/m0/s1. The SMILES string of the molecule is COCC[C@H](O)C(F)(F)F. The molecule has 0 aliphatic carbocycles. The van der Waals surface area contributed by atoms with Gasteiger partial charge in [0.2, 0.25) is 0 Å². The number of halogens is 3. The van der Waals surface area contributed by atoms with Crippen LogP contribution in [-0.2, 0) is 4.74 Å². The quantitative estimate of drug-likeness (QED) is 0.662. The van der Waals surface area contributed by atoms with E-state index < -0.39 is 18.7 Å². The number of aliphatic hydroxyl groups is 1. The third kappa shape index (κ3) is 3.68. The van der Waals surface area contributed by atoms with E-state index in [2.05, 4.69) is 4.74 Å². The topological polar surface area (TPSA) is 29.5 Å². The zero-order valence-corrected chi connectivity index (χ0v) is 5.48. The molecule has 1 atom stereocenters. The van der Waals surface area contributed by atoms with Gasteiger partial charge in [0, 0.05) is 20.1 Å². The summed E-state index contributed by atoms with van der Waals surface area (Å²) >= 11 is 0. The van der Waals surface area contributed by atoms with Crippen LogP contribution in [0.4, 0.5) is 13.2 Å². The lowest BCUT2D eigenvalue weighted by molar-refractivity contribution is -0.207. The van der Waals surface area contributed by atoms with Crippen LogP contribution in [0, 0.1) is 0 Å². The van der Waals surface area contributed by atoms with Gasteiger partial charge >= 0.3 is 6.18 Å². The van der Waals surface area contributed by atoms with Gasteiger partial charge in [0.15, 0.2) is 6.10 Å². The molecule has 0 bridgehead atoms. The van der Waals surface area contributed by atoms with Gasteiger partial charge in [-0.1, -0.05) is 0 Å². The van der Waals surface area contributed by atoms with Gasteiger partial charge in [0.1, 0.15) is 0 Å². The smallest absolute Gasteiger partial charge is 0.385 e. The minimum Gasteiger partial charge on any atom is -0.385 e. The molecule has 0 amide bonds. The minimum atomic E-state index is -4.52. The Morgan fingerprint density at radius 1 is 1.50 bits per heavy atom. The molecule has 1 N–H and O–H groups in total. The van der Waals surface area contributed by atoms with Gasteiger partial charge in [-0.3, -0.25) is 0 Å². The highest BCUT2D eigenvalue weighted by Gasteiger charge is 2.37. The Kier molecular flexibility index (Phi) is 3.67. The molecule has 62 valence electrons. The first kappa shape index (κ1) is 9.71. The van der Waals surface area contributed by atoms with Crippen LogP contribution in [0.3, 0.4) is 0 Å². The molecule has 0 aliphatic rings. The number of aliphatic hydroxyl groups excluding tert-OH is 1. The average Bonchev–Trinajstić information content (AvgIpc) is 1.80. The summed E-state index contributed by atoms with van der Waals surface area (Å²) in [6.45, 7) is -0.0827. The molecular formula is C5H9F3O2. The van der Waals surface area contributed by atoms with Crippen LogP contribution in [0.1, 0.15) is 6.42 Å². The summed E-state index contributed by atoms with van der Waals surface area (Å²) in [4.78, 5) is 0. The molecule has 0 rings (SSSR count). The van der Waals surface area contributed by atoms with Crippen LogP contribution in [0.15, 0.2) is 0 Å². The van der Waals surface area contributed by atoms with Gasteiger partial charge in [0.25, 0.3) is 0 Å². The molecule has 0 fully saturated rings. The molecule has 0 unspecified atom stereocenters. The number of ether oxygens (including phenoxy) is 1. The van der Waals surface area contributed by atoms with Gasteiger partial charge in [-0.05, 0) is 0 Å². The molecule has 0 radical (unpaired) electrons. The van der Waals surface area contributed by atoms with Gasteiger partial charge < -0.3 is 9.84 Å². The van der Waals surface area contributed by atoms with Crippen LogP contribution in [0.5, 0.6) is 0 Å². The summed E-state index contributed by atoms with van der Waals surface area (Å²) in [5.74, 6) is 0. The van der Waals surface area contributed by atoms with E-state index in [0.717, 1.165) is 0 Å². The summed E-state index contributed by atoms with van der Waals surface area (Å²) < 4.78 is 38.7. The normalized spacial score (nSPS) is 15.3. The maximum Gasteiger partial charge on any atom is 0.414 e. The lowest BCUT2D eigenvalue weighted by Crippen LogP contribution is -2.29. The lowest BCUT2D eigenvalue weighted by Gasteiger charge is -2.12. The van der Waals surface area contributed by atoms with E-state index >= 15 is 0 Å². The highest BCUT2D eigenvalue weighted by atomic mass is 19.4. The Morgan fingerprint density at radius 3 is 2.30 bits per heavy atom. The van der Waals surface area contributed by atoms with Crippen molar-refractivity contribution in [2.24, 2.45) is 0 Å². The summed E-state index contributed by atoms with van der Waals surface area (Å²) in [6, 6.07) is 0. The Morgan fingerprint density at radius 2 is 2.00 bits per heavy atom. The molecule has 0 aromatic carbocycles. The molecule has 0 saturated heterocycles. The summed E-state index contributed by atoms with van der Waals surface area (Å²) in [5, 5.41) is 8.31. The Bertz CT molecular complexity index is 91.4. The monoisotopic (exact) mass is 158 g/mol. The van der Waals surface area contributed by atoms with Crippen molar-refractivity contribution in [3.8, 4) is 0 Å². The fraction of sp³-hybridized carbons (Fsp3) is 1.00. The van der Waals surface area contributed by atoms with Crippen LogP contribution in [-0.4, -0.2) is 31.1 Å². The lowest BCUT2D eigenvalue weighted by atomic mass is 10.2. The van der Waals surface area contributed by atoms with Crippen molar-refractivity contribution in [1.82, 2.24) is 0 Å². The van der Waals surface area contributed by atoms with Crippen LogP contribution in [0.25, 0.3) is 0 Å². The number of rotatable bonds is 3. The fourth-order valence-corrected chi connectivity index (χ4v) is 0.393. The van der Waals surface area contributed by atoms with E-state index in [4.69, 9.17) is 5.11 Å². The molecule has 0 spiro atoms. The van der Waals surface area contributed by atoms with Crippen molar-refractivity contribution in [3.63, 3.8) is 0 Å². The number of alkyl halides is 3. The van der Waals surface area contributed by atoms with Crippen LogP contribution < -0.4 is 0 Å². The van der Waals surface area contributed by atoms with Crippen molar-refractivity contribution < 1.29 is 23.0 Å². The number of methoxy groups -OCH3 is 1. The van der Waals surface area contributed by atoms with Gasteiger partial charge in [-0.15, -0.1) is 0 Å². The molecule has 0 heterocycles. The van der Waals surface area contributed by atoms with Crippen LogP contribution in [0.2, 0.25) is 0 Å². The van der Waals surface area contributed by atoms with E-state index in [-0.39, 0.29) is 6.61 Å². The van der Waals surface area contributed by atoms with E-state index in [1.165, 1.54) is 7.11 Å². The summed E-state index contributed by atoms with van der Waals surface area (Å²) in [7, 11) is 1.28. The van der Waals surface area contributed by atoms with E-state index in [1.54, 1.807) is 0 Å². The van der Waals surface area contributed by atoms with Crippen LogP contribution >= 0.6 is 0 Å². The highest BCUT2D eigenvalue weighted by Crippen LogP contribution is 2.21. The zero-order chi connectivity index (χ0) is 8.20. The van der Waals surface area contributed by atoms with Crippen molar-refractivity contribution in [3.05, 3.63) is 0 Å². The van der Waals surface area contributed by atoms with Gasteiger partial charge in [-0.25, -0.2) is 0 Å². The molecule has 2 nitrogen and oxygen atoms in total. The van der Waals surface area contributed by atoms with Crippen molar-refractivity contribution in [2.75, 3.05) is 13.7 Å². The predicted octanol–water partition coefficient (Wildman–Crippen LogP) is 0.946. The Hall–Kier alpha value is -0.290. The third-order valence-electron chi connectivity index (χ3n) is 0.973. The second-order valence-electron chi connectivity index (χ2n) is 1.84. The average molecular weight is 158 g/mol. The maximum atomic E-state index is 11.5. The summed E-state index contributed by atoms with van der Waals surface area (Å²) in [5.41, 5.74) is 0. The molecular weight excluding hydrogens is 149 g/mol. The minimum absolute atomic E-state index is 0.0827. The number of hydrogen-bond acceptors (Lipinski definition) is 2. The zero-order valence-electron chi connectivity index (χ0n) is 5.48. The third-order valence-corrected chi connectivity index (χ3v) is 0.973. The molecule has 0 aromatic heterocycles. The van der Waals surface area contributed by atoms with E-state index in [1.807, 2.05) is 0 Å². The van der Waals surface area contributed by atoms with Crippen molar-refractivity contribution in [1.29, 1.82) is 0 Å². The molecule has 0 saturated carbocycles. The van der Waals surface area contributed by atoms with Crippen molar-refractivity contribution in [2.45, 2.75) is 18.7 Å². The molecule has 0 aliphatic heterocycles. The second-order valence-corrected chi connectivity index (χ2v) is 1.84. The Balaban J connectivity index is 3.52. The fourth-order valence-electron chi connectivity index (χ4n) is 0.393. The van der Waals surface area contributed by atoms with Gasteiger partial charge in [0.05, 0.1) is 0 Å². The highest BCUT2D eigenvalue weighted by molar-refractivity contribution is 4.63. The molecule has 0 aromatic rings. The van der Waals surface area contributed by atoms with E-state index in [9.17, 15) is 13.2 Å².